The van der Waals surface area contributed by atoms with Crippen molar-refractivity contribution in [2.24, 2.45) is 0 Å². The molecule has 0 atom stereocenters. The lowest BCUT2D eigenvalue weighted by Gasteiger charge is -2.09. The normalized spacial score (nSPS) is 10.1. The highest BCUT2D eigenvalue weighted by atomic mass is 35.5. The summed E-state index contributed by atoms with van der Waals surface area (Å²) in [5, 5.41) is 9.23. The molecule has 18 heavy (non-hydrogen) atoms. The number of hydrogen-bond acceptors (Lipinski definition) is 3. The second-order valence-corrected chi connectivity index (χ2v) is 4.06. The van der Waals surface area contributed by atoms with Crippen LogP contribution in [0.4, 0.5) is 0 Å². The predicted octanol–water partition coefficient (Wildman–Crippen LogP) is 3.53. The second kappa shape index (κ2) is 5.06. The minimum atomic E-state index is -1.13. The number of rotatable bonds is 3. The fraction of sp³-hybridized carbons (Fsp3) is 0.0769. The van der Waals surface area contributed by atoms with Crippen molar-refractivity contribution in [3.63, 3.8) is 0 Å². The van der Waals surface area contributed by atoms with Crippen LogP contribution in [-0.4, -0.2) is 16.1 Å². The molecule has 0 radical (unpaired) electrons. The Morgan fingerprint density at radius 2 is 2.11 bits per heavy atom. The fourth-order valence-corrected chi connectivity index (χ4v) is 1.69. The molecule has 0 fully saturated rings. The van der Waals surface area contributed by atoms with Crippen LogP contribution in [-0.2, 0) is 0 Å². The lowest BCUT2D eigenvalue weighted by Crippen LogP contribution is -2.01. The quantitative estimate of drug-likeness (QED) is 0.920. The number of carbonyl (C=O) groups is 1. The number of aromatic nitrogens is 1. The Bertz CT molecular complexity index is 581. The van der Waals surface area contributed by atoms with E-state index in [4.69, 9.17) is 21.4 Å². The standard InChI is InChI=1S/C13H10ClNO3/c1-8-5-6-9(7-15-8)18-11-4-2-3-10(14)12(11)13(16)17/h2-7H,1H3,(H,16,17). The number of carboxylic acids is 1. The van der Waals surface area contributed by atoms with Gasteiger partial charge >= 0.3 is 5.97 Å². The van der Waals surface area contributed by atoms with Crippen molar-refractivity contribution in [2.75, 3.05) is 0 Å². The van der Waals surface area contributed by atoms with E-state index in [-0.39, 0.29) is 16.3 Å². The highest BCUT2D eigenvalue weighted by Crippen LogP contribution is 2.30. The van der Waals surface area contributed by atoms with E-state index in [2.05, 4.69) is 4.98 Å². The summed E-state index contributed by atoms with van der Waals surface area (Å²) in [6.07, 6.45) is 1.53. The molecule has 0 aliphatic rings. The van der Waals surface area contributed by atoms with Gasteiger partial charge in [0.25, 0.3) is 0 Å². The van der Waals surface area contributed by atoms with Crippen LogP contribution >= 0.6 is 11.6 Å². The molecule has 0 spiro atoms. The van der Waals surface area contributed by atoms with Gasteiger partial charge in [-0.2, -0.15) is 0 Å². The maximum absolute atomic E-state index is 11.1. The van der Waals surface area contributed by atoms with Gasteiger partial charge in [0.05, 0.1) is 11.2 Å². The predicted molar refractivity (Wildman–Crippen MR) is 67.5 cm³/mol. The van der Waals surface area contributed by atoms with Gasteiger partial charge in [0.2, 0.25) is 0 Å². The number of ether oxygens (including phenoxy) is 1. The van der Waals surface area contributed by atoms with E-state index in [1.807, 2.05) is 6.92 Å². The van der Waals surface area contributed by atoms with E-state index in [9.17, 15) is 4.79 Å². The molecule has 92 valence electrons. The zero-order chi connectivity index (χ0) is 13.1. The molecule has 0 bridgehead atoms. The first-order valence-corrected chi connectivity index (χ1v) is 5.58. The Morgan fingerprint density at radius 3 is 2.72 bits per heavy atom. The number of halogens is 1. The van der Waals surface area contributed by atoms with Gasteiger partial charge in [-0.1, -0.05) is 17.7 Å². The molecule has 1 N–H and O–H groups in total. The van der Waals surface area contributed by atoms with Gasteiger partial charge in [-0.25, -0.2) is 4.79 Å². The largest absolute Gasteiger partial charge is 0.478 e. The van der Waals surface area contributed by atoms with Gasteiger partial charge in [0.15, 0.2) is 0 Å². The number of hydrogen-bond donors (Lipinski definition) is 1. The molecular formula is C13H10ClNO3. The average molecular weight is 264 g/mol. The Labute approximate surface area is 109 Å². The van der Waals surface area contributed by atoms with Crippen LogP contribution in [0.25, 0.3) is 0 Å². The molecule has 2 rings (SSSR count). The van der Waals surface area contributed by atoms with Crippen LogP contribution in [0.3, 0.4) is 0 Å². The van der Waals surface area contributed by atoms with E-state index in [0.29, 0.717) is 5.75 Å². The third-order valence-corrected chi connectivity index (χ3v) is 2.62. The molecule has 2 aromatic rings. The van der Waals surface area contributed by atoms with Crippen LogP contribution in [0.1, 0.15) is 16.1 Å². The first kappa shape index (κ1) is 12.4. The first-order valence-electron chi connectivity index (χ1n) is 5.20. The Balaban J connectivity index is 2.37. The highest BCUT2D eigenvalue weighted by molar-refractivity contribution is 6.33. The topological polar surface area (TPSA) is 59.4 Å². The summed E-state index contributed by atoms with van der Waals surface area (Å²) >= 11 is 5.84. The van der Waals surface area contributed by atoms with Crippen LogP contribution in [0.5, 0.6) is 11.5 Å². The molecule has 4 nitrogen and oxygen atoms in total. The Morgan fingerprint density at radius 1 is 1.33 bits per heavy atom. The summed E-state index contributed by atoms with van der Waals surface area (Å²) in [6.45, 7) is 1.85. The van der Waals surface area contributed by atoms with Gasteiger partial charge < -0.3 is 9.84 Å². The van der Waals surface area contributed by atoms with E-state index in [0.717, 1.165) is 5.69 Å². The van der Waals surface area contributed by atoms with Gasteiger partial charge in [-0.15, -0.1) is 0 Å². The molecule has 0 saturated heterocycles. The molecule has 0 aliphatic carbocycles. The molecule has 0 aliphatic heterocycles. The number of carboxylic acid groups (broad SMARTS) is 1. The van der Waals surface area contributed by atoms with E-state index in [1.54, 1.807) is 24.3 Å². The summed E-state index contributed by atoms with van der Waals surface area (Å²) in [7, 11) is 0. The van der Waals surface area contributed by atoms with Crippen molar-refractivity contribution in [3.05, 3.63) is 52.8 Å². The smallest absolute Gasteiger partial charge is 0.341 e. The van der Waals surface area contributed by atoms with Gasteiger partial charge in [-0.3, -0.25) is 4.98 Å². The molecule has 1 aromatic carbocycles. The number of nitrogens with zero attached hydrogens (tertiary/aromatic N) is 1. The maximum Gasteiger partial charge on any atom is 0.341 e. The SMILES string of the molecule is Cc1ccc(Oc2cccc(Cl)c2C(=O)O)cn1. The number of pyridine rings is 1. The van der Waals surface area contributed by atoms with Crippen molar-refractivity contribution < 1.29 is 14.6 Å². The zero-order valence-electron chi connectivity index (χ0n) is 9.55. The number of aromatic carboxylic acids is 1. The Hall–Kier alpha value is -2.07. The minimum absolute atomic E-state index is 0.0558. The molecule has 0 saturated carbocycles. The van der Waals surface area contributed by atoms with Gasteiger partial charge in [0.1, 0.15) is 17.1 Å². The molecule has 0 unspecified atom stereocenters. The summed E-state index contributed by atoms with van der Waals surface area (Å²) in [5.74, 6) is -0.471. The van der Waals surface area contributed by atoms with Gasteiger partial charge in [0, 0.05) is 5.69 Å². The second-order valence-electron chi connectivity index (χ2n) is 3.66. The molecule has 1 heterocycles. The highest BCUT2D eigenvalue weighted by Gasteiger charge is 2.16. The van der Waals surface area contributed by atoms with Gasteiger partial charge in [-0.05, 0) is 31.2 Å². The minimum Gasteiger partial charge on any atom is -0.478 e. The lowest BCUT2D eigenvalue weighted by atomic mass is 10.2. The van der Waals surface area contributed by atoms with Crippen molar-refractivity contribution >= 4 is 17.6 Å². The number of benzene rings is 1. The summed E-state index contributed by atoms with van der Waals surface area (Å²) in [6, 6.07) is 8.18. The third-order valence-electron chi connectivity index (χ3n) is 2.30. The summed E-state index contributed by atoms with van der Waals surface area (Å²) in [5.41, 5.74) is 0.798. The zero-order valence-corrected chi connectivity index (χ0v) is 10.3. The van der Waals surface area contributed by atoms with Crippen LogP contribution in [0.2, 0.25) is 5.02 Å². The van der Waals surface area contributed by atoms with E-state index < -0.39 is 5.97 Å². The molecule has 5 heteroatoms. The third kappa shape index (κ3) is 2.60. The molecule has 0 amide bonds. The van der Waals surface area contributed by atoms with E-state index in [1.165, 1.54) is 12.3 Å². The summed E-state index contributed by atoms with van der Waals surface area (Å²) < 4.78 is 5.48. The van der Waals surface area contributed by atoms with Crippen molar-refractivity contribution in [1.82, 2.24) is 4.98 Å². The first-order chi connectivity index (χ1) is 8.58. The fourth-order valence-electron chi connectivity index (χ4n) is 1.44. The monoisotopic (exact) mass is 263 g/mol. The molecule has 1 aromatic heterocycles. The van der Waals surface area contributed by atoms with E-state index >= 15 is 0 Å². The van der Waals surface area contributed by atoms with Crippen molar-refractivity contribution in [3.8, 4) is 11.5 Å². The average Bonchev–Trinajstić information content (AvgIpc) is 2.32. The van der Waals surface area contributed by atoms with Crippen LogP contribution in [0, 0.1) is 6.92 Å². The lowest BCUT2D eigenvalue weighted by molar-refractivity contribution is 0.0694. The van der Waals surface area contributed by atoms with Crippen molar-refractivity contribution in [2.45, 2.75) is 6.92 Å². The number of aryl methyl sites for hydroxylation is 1. The van der Waals surface area contributed by atoms with Crippen LogP contribution in [0.15, 0.2) is 36.5 Å². The Kier molecular flexibility index (Phi) is 3.48. The maximum atomic E-state index is 11.1. The molecular weight excluding hydrogens is 254 g/mol. The van der Waals surface area contributed by atoms with Crippen LogP contribution < -0.4 is 4.74 Å². The van der Waals surface area contributed by atoms with Crippen molar-refractivity contribution in [1.29, 1.82) is 0 Å². The summed E-state index contributed by atoms with van der Waals surface area (Å²) in [4.78, 5) is 15.2.